The van der Waals surface area contributed by atoms with Gasteiger partial charge in [-0.05, 0) is 48.9 Å². The van der Waals surface area contributed by atoms with Gasteiger partial charge < -0.3 is 15.2 Å². The molecule has 6 nitrogen and oxygen atoms in total. The van der Waals surface area contributed by atoms with Crippen LogP contribution in [0.2, 0.25) is 0 Å². The van der Waals surface area contributed by atoms with Gasteiger partial charge in [0, 0.05) is 30.3 Å². The Bertz CT molecular complexity index is 841. The minimum atomic E-state index is -0.447. The Morgan fingerprint density at radius 2 is 1.65 bits per heavy atom. The minimum Gasteiger partial charge on any atom is -0.497 e. The van der Waals surface area contributed by atoms with Crippen LogP contribution in [0.15, 0.2) is 48.5 Å². The molecular formula is C20H22N2O4. The maximum atomic E-state index is 12.7. The average molecular weight is 354 g/mol. The quantitative estimate of drug-likeness (QED) is 0.658. The number of carbonyl (C=O) groups is 2. The number of hydrogen-bond acceptors (Lipinski definition) is 5. The molecule has 0 unspecified atom stereocenters. The van der Waals surface area contributed by atoms with Crippen LogP contribution in [0.1, 0.15) is 19.4 Å². The van der Waals surface area contributed by atoms with Crippen molar-refractivity contribution in [3.63, 3.8) is 0 Å². The highest BCUT2D eigenvalue weighted by molar-refractivity contribution is 6.19. The molecule has 0 saturated heterocycles. The van der Waals surface area contributed by atoms with Crippen molar-refractivity contribution < 1.29 is 19.1 Å². The van der Waals surface area contributed by atoms with Gasteiger partial charge in [-0.25, -0.2) is 4.90 Å². The van der Waals surface area contributed by atoms with Crippen LogP contribution < -0.4 is 20.1 Å². The number of nitrogens with two attached hydrogens (primary N) is 1. The minimum absolute atomic E-state index is 0.384. The number of amides is 2. The molecule has 0 spiro atoms. The Labute approximate surface area is 152 Å². The van der Waals surface area contributed by atoms with E-state index in [4.69, 9.17) is 15.2 Å². The van der Waals surface area contributed by atoms with E-state index in [0.717, 1.165) is 10.5 Å². The zero-order chi connectivity index (χ0) is 19.3. The summed E-state index contributed by atoms with van der Waals surface area (Å²) >= 11 is 0. The molecule has 2 amide bonds. The van der Waals surface area contributed by atoms with E-state index in [1.807, 2.05) is 0 Å². The first-order valence-corrected chi connectivity index (χ1v) is 7.98. The molecule has 26 heavy (non-hydrogen) atoms. The van der Waals surface area contributed by atoms with E-state index >= 15 is 0 Å². The van der Waals surface area contributed by atoms with E-state index in [-0.39, 0.29) is 5.91 Å². The van der Waals surface area contributed by atoms with Gasteiger partial charge >= 0.3 is 0 Å². The summed E-state index contributed by atoms with van der Waals surface area (Å²) in [7, 11) is 3.11. The summed E-state index contributed by atoms with van der Waals surface area (Å²) in [6.45, 7) is 3.12. The van der Waals surface area contributed by atoms with Crippen molar-refractivity contribution in [1.29, 1.82) is 0 Å². The Balaban J connectivity index is 2.38. The SMILES string of the molecule is COc1ccc(/C(C)=C/C(=O)N(C(C)=O)c2ccc(N)cc2)c(OC)c1. The van der Waals surface area contributed by atoms with E-state index < -0.39 is 5.91 Å². The van der Waals surface area contributed by atoms with Gasteiger partial charge in [-0.3, -0.25) is 9.59 Å². The monoisotopic (exact) mass is 354 g/mol. The van der Waals surface area contributed by atoms with Crippen LogP contribution >= 0.6 is 0 Å². The smallest absolute Gasteiger partial charge is 0.258 e. The molecule has 0 aliphatic heterocycles. The molecule has 6 heteroatoms. The van der Waals surface area contributed by atoms with Gasteiger partial charge in [-0.15, -0.1) is 0 Å². The van der Waals surface area contributed by atoms with E-state index in [1.165, 1.54) is 13.0 Å². The Morgan fingerprint density at radius 1 is 1.00 bits per heavy atom. The molecule has 0 atom stereocenters. The van der Waals surface area contributed by atoms with Crippen LogP contribution in [0.4, 0.5) is 11.4 Å². The Kier molecular flexibility index (Phi) is 6.01. The van der Waals surface area contributed by atoms with Crippen molar-refractivity contribution in [2.24, 2.45) is 0 Å². The molecule has 0 heterocycles. The third-order valence-corrected chi connectivity index (χ3v) is 3.86. The van der Waals surface area contributed by atoms with Crippen LogP contribution in [0, 0.1) is 0 Å². The van der Waals surface area contributed by atoms with Crippen molar-refractivity contribution in [1.82, 2.24) is 0 Å². The summed E-state index contributed by atoms with van der Waals surface area (Å²) < 4.78 is 10.5. The fourth-order valence-electron chi connectivity index (χ4n) is 2.54. The zero-order valence-corrected chi connectivity index (χ0v) is 15.3. The standard InChI is InChI=1S/C20H22N2O4/c1-13(18-10-9-17(25-3)12-19(18)26-4)11-20(24)22(14(2)23)16-7-5-15(21)6-8-16/h5-12H,21H2,1-4H3/b13-11+. The van der Waals surface area contributed by atoms with Gasteiger partial charge in [0.25, 0.3) is 5.91 Å². The fraction of sp³-hybridized carbons (Fsp3) is 0.200. The molecule has 0 aliphatic rings. The second kappa shape index (κ2) is 8.20. The largest absolute Gasteiger partial charge is 0.497 e. The molecule has 136 valence electrons. The third kappa shape index (κ3) is 4.22. The lowest BCUT2D eigenvalue weighted by Crippen LogP contribution is -2.34. The van der Waals surface area contributed by atoms with Gasteiger partial charge in [0.05, 0.1) is 19.9 Å². The van der Waals surface area contributed by atoms with Crippen molar-refractivity contribution >= 4 is 28.8 Å². The normalized spacial score (nSPS) is 11.0. The highest BCUT2D eigenvalue weighted by atomic mass is 16.5. The Morgan fingerprint density at radius 3 is 2.19 bits per heavy atom. The van der Waals surface area contributed by atoms with Crippen LogP contribution in [-0.4, -0.2) is 26.0 Å². The predicted octanol–water partition coefficient (Wildman–Crippen LogP) is 3.27. The summed E-state index contributed by atoms with van der Waals surface area (Å²) in [6.07, 6.45) is 1.40. The molecule has 0 aliphatic carbocycles. The van der Waals surface area contributed by atoms with Crippen LogP contribution in [0.25, 0.3) is 5.57 Å². The fourth-order valence-corrected chi connectivity index (χ4v) is 2.54. The molecule has 0 radical (unpaired) electrons. The summed E-state index contributed by atoms with van der Waals surface area (Å²) in [5.74, 6) is 0.396. The third-order valence-electron chi connectivity index (χ3n) is 3.86. The van der Waals surface area contributed by atoms with Crippen LogP contribution in [-0.2, 0) is 9.59 Å². The van der Waals surface area contributed by atoms with Gasteiger partial charge in [-0.2, -0.15) is 0 Å². The van der Waals surface area contributed by atoms with Gasteiger partial charge in [0.15, 0.2) is 0 Å². The summed E-state index contributed by atoms with van der Waals surface area (Å²) in [6, 6.07) is 11.9. The zero-order valence-electron chi connectivity index (χ0n) is 15.3. The molecule has 2 rings (SSSR count). The number of carbonyl (C=O) groups excluding carboxylic acids is 2. The lowest BCUT2D eigenvalue weighted by molar-refractivity contribution is -0.122. The number of anilines is 2. The number of nitrogens with zero attached hydrogens (tertiary/aromatic N) is 1. The maximum absolute atomic E-state index is 12.7. The van der Waals surface area contributed by atoms with Gasteiger partial charge in [0.1, 0.15) is 11.5 Å². The topological polar surface area (TPSA) is 81.9 Å². The first-order valence-electron chi connectivity index (χ1n) is 7.98. The van der Waals surface area contributed by atoms with Crippen molar-refractivity contribution in [2.75, 3.05) is 24.9 Å². The van der Waals surface area contributed by atoms with Gasteiger partial charge in [0.2, 0.25) is 5.91 Å². The molecule has 2 N–H and O–H groups in total. The molecule has 0 aromatic heterocycles. The highest BCUT2D eigenvalue weighted by Crippen LogP contribution is 2.30. The molecule has 2 aromatic carbocycles. The van der Waals surface area contributed by atoms with E-state index in [1.54, 1.807) is 63.6 Å². The maximum Gasteiger partial charge on any atom is 0.258 e. The van der Waals surface area contributed by atoms with Crippen molar-refractivity contribution in [3.05, 3.63) is 54.1 Å². The first-order chi connectivity index (χ1) is 12.4. The number of nitrogen functional groups attached to an aromatic ring is 1. The number of rotatable bonds is 5. The lowest BCUT2D eigenvalue weighted by atomic mass is 10.1. The van der Waals surface area contributed by atoms with E-state index in [9.17, 15) is 9.59 Å². The number of hydrogen-bond donors (Lipinski definition) is 1. The number of methoxy groups -OCH3 is 2. The number of imide groups is 1. The lowest BCUT2D eigenvalue weighted by Gasteiger charge is -2.18. The van der Waals surface area contributed by atoms with Crippen LogP contribution in [0.3, 0.4) is 0 Å². The molecular weight excluding hydrogens is 332 g/mol. The first kappa shape index (κ1) is 19.1. The van der Waals surface area contributed by atoms with Gasteiger partial charge in [-0.1, -0.05) is 0 Å². The summed E-state index contributed by atoms with van der Waals surface area (Å²) in [4.78, 5) is 25.8. The highest BCUT2D eigenvalue weighted by Gasteiger charge is 2.19. The van der Waals surface area contributed by atoms with E-state index in [2.05, 4.69) is 0 Å². The summed E-state index contributed by atoms with van der Waals surface area (Å²) in [5.41, 5.74) is 8.08. The molecule has 0 fully saturated rings. The van der Waals surface area contributed by atoms with Crippen molar-refractivity contribution in [3.8, 4) is 11.5 Å². The number of allylic oxidation sites excluding steroid dienone is 1. The van der Waals surface area contributed by atoms with E-state index in [0.29, 0.717) is 28.4 Å². The average Bonchev–Trinajstić information content (AvgIpc) is 2.62. The van der Waals surface area contributed by atoms with Crippen molar-refractivity contribution in [2.45, 2.75) is 13.8 Å². The molecule has 0 saturated carbocycles. The molecule has 2 aromatic rings. The number of benzene rings is 2. The van der Waals surface area contributed by atoms with Crippen LogP contribution in [0.5, 0.6) is 11.5 Å². The second-order valence-corrected chi connectivity index (χ2v) is 5.68. The predicted molar refractivity (Wildman–Crippen MR) is 102 cm³/mol. The second-order valence-electron chi connectivity index (χ2n) is 5.68. The Hall–Kier alpha value is -3.28. The molecule has 0 bridgehead atoms. The number of ether oxygens (including phenoxy) is 2. The summed E-state index contributed by atoms with van der Waals surface area (Å²) in [5, 5.41) is 0.